The van der Waals surface area contributed by atoms with Crippen LogP contribution in [-0.2, 0) is 20.9 Å². The van der Waals surface area contributed by atoms with E-state index in [2.05, 4.69) is 10.6 Å². The fourth-order valence-corrected chi connectivity index (χ4v) is 1.62. The summed E-state index contributed by atoms with van der Waals surface area (Å²) in [6.45, 7) is 1.51. The van der Waals surface area contributed by atoms with E-state index in [4.69, 9.17) is 4.74 Å². The molecule has 0 heterocycles. The first kappa shape index (κ1) is 16.1. The highest BCUT2D eigenvalue weighted by Crippen LogP contribution is 2.00. The molecule has 20 heavy (non-hydrogen) atoms. The molecule has 0 saturated heterocycles. The number of aliphatic hydroxyl groups is 1. The summed E-state index contributed by atoms with van der Waals surface area (Å²) < 4.78 is 5.06. The summed E-state index contributed by atoms with van der Waals surface area (Å²) in [6.07, 6.45) is -0.906. The maximum atomic E-state index is 11.6. The standard InChI is InChI=1S/C14H20N2O4/c1-10(17)13(14(19)15-2)16-8-12(18)20-9-11-6-4-3-5-7-11/h3-7,10,13,16-17H,8-9H2,1-2H3,(H,15,19)/t10-,13+/m1/s1. The molecule has 3 N–H and O–H groups in total. The van der Waals surface area contributed by atoms with E-state index in [0.29, 0.717) is 0 Å². The Balaban J connectivity index is 2.36. The summed E-state index contributed by atoms with van der Waals surface area (Å²) in [5.41, 5.74) is 0.888. The van der Waals surface area contributed by atoms with Gasteiger partial charge in [-0.1, -0.05) is 30.3 Å². The van der Waals surface area contributed by atoms with Crippen molar-refractivity contribution >= 4 is 11.9 Å². The lowest BCUT2D eigenvalue weighted by atomic mass is 10.1. The van der Waals surface area contributed by atoms with Crippen molar-refractivity contribution in [2.45, 2.75) is 25.7 Å². The van der Waals surface area contributed by atoms with Crippen LogP contribution in [0.3, 0.4) is 0 Å². The van der Waals surface area contributed by atoms with Crippen LogP contribution in [0.2, 0.25) is 0 Å². The van der Waals surface area contributed by atoms with Crippen molar-refractivity contribution in [1.29, 1.82) is 0 Å². The number of hydrogen-bond donors (Lipinski definition) is 3. The first-order valence-electron chi connectivity index (χ1n) is 6.37. The summed E-state index contributed by atoms with van der Waals surface area (Å²) in [4.78, 5) is 23.0. The monoisotopic (exact) mass is 280 g/mol. The molecule has 0 aromatic heterocycles. The van der Waals surface area contributed by atoms with Gasteiger partial charge in [-0.2, -0.15) is 0 Å². The average molecular weight is 280 g/mol. The number of amides is 1. The van der Waals surface area contributed by atoms with Crippen LogP contribution in [0.1, 0.15) is 12.5 Å². The van der Waals surface area contributed by atoms with Crippen LogP contribution in [0.15, 0.2) is 30.3 Å². The highest BCUT2D eigenvalue weighted by Gasteiger charge is 2.22. The first-order chi connectivity index (χ1) is 9.54. The molecule has 0 radical (unpaired) electrons. The van der Waals surface area contributed by atoms with Crippen LogP contribution < -0.4 is 10.6 Å². The molecular formula is C14H20N2O4. The number of ether oxygens (including phenoxy) is 1. The topological polar surface area (TPSA) is 87.7 Å². The van der Waals surface area contributed by atoms with Gasteiger partial charge in [0, 0.05) is 7.05 Å². The Morgan fingerprint density at radius 1 is 1.30 bits per heavy atom. The van der Waals surface area contributed by atoms with Crippen molar-refractivity contribution in [3.8, 4) is 0 Å². The lowest BCUT2D eigenvalue weighted by Crippen LogP contribution is -2.51. The zero-order valence-electron chi connectivity index (χ0n) is 11.6. The maximum Gasteiger partial charge on any atom is 0.320 e. The van der Waals surface area contributed by atoms with Crippen LogP contribution in [0.25, 0.3) is 0 Å². The highest BCUT2D eigenvalue weighted by molar-refractivity contribution is 5.83. The average Bonchev–Trinajstić information content (AvgIpc) is 2.45. The number of esters is 1. The summed E-state index contributed by atoms with van der Waals surface area (Å²) in [7, 11) is 1.47. The van der Waals surface area contributed by atoms with Crippen molar-refractivity contribution in [2.75, 3.05) is 13.6 Å². The molecule has 1 rings (SSSR count). The molecule has 6 nitrogen and oxygen atoms in total. The van der Waals surface area contributed by atoms with Gasteiger partial charge in [0.05, 0.1) is 12.6 Å². The summed E-state index contributed by atoms with van der Waals surface area (Å²) in [5.74, 6) is -0.862. The number of carbonyl (C=O) groups excluding carboxylic acids is 2. The second-order valence-electron chi connectivity index (χ2n) is 4.36. The molecule has 0 unspecified atom stereocenters. The van der Waals surface area contributed by atoms with Gasteiger partial charge in [0.1, 0.15) is 12.6 Å². The van der Waals surface area contributed by atoms with E-state index in [-0.39, 0.29) is 19.1 Å². The predicted molar refractivity (Wildman–Crippen MR) is 73.8 cm³/mol. The number of likely N-dealkylation sites (N-methyl/N-ethyl adjacent to an activating group) is 1. The molecule has 1 aromatic rings. The normalized spacial score (nSPS) is 13.3. The van der Waals surface area contributed by atoms with Crippen LogP contribution in [-0.4, -0.2) is 42.7 Å². The minimum Gasteiger partial charge on any atom is -0.460 e. The molecule has 0 spiro atoms. The van der Waals surface area contributed by atoms with Gasteiger partial charge in [-0.05, 0) is 12.5 Å². The lowest BCUT2D eigenvalue weighted by molar-refractivity contribution is -0.144. The fraction of sp³-hybridized carbons (Fsp3) is 0.429. The molecule has 6 heteroatoms. The third-order valence-corrected chi connectivity index (χ3v) is 2.72. The predicted octanol–water partition coefficient (Wildman–Crippen LogP) is -0.185. The van der Waals surface area contributed by atoms with Crippen LogP contribution in [0.4, 0.5) is 0 Å². The number of rotatable bonds is 7. The largest absolute Gasteiger partial charge is 0.460 e. The molecule has 0 aliphatic carbocycles. The smallest absolute Gasteiger partial charge is 0.320 e. The van der Waals surface area contributed by atoms with Gasteiger partial charge in [0.2, 0.25) is 5.91 Å². The highest BCUT2D eigenvalue weighted by atomic mass is 16.5. The maximum absolute atomic E-state index is 11.6. The van der Waals surface area contributed by atoms with E-state index in [1.54, 1.807) is 0 Å². The van der Waals surface area contributed by atoms with E-state index < -0.39 is 18.1 Å². The van der Waals surface area contributed by atoms with Crippen LogP contribution in [0, 0.1) is 0 Å². The van der Waals surface area contributed by atoms with E-state index in [1.807, 2.05) is 30.3 Å². The second-order valence-corrected chi connectivity index (χ2v) is 4.36. The lowest BCUT2D eigenvalue weighted by Gasteiger charge is -2.19. The Morgan fingerprint density at radius 2 is 1.95 bits per heavy atom. The minimum absolute atomic E-state index is 0.143. The van der Waals surface area contributed by atoms with Gasteiger partial charge in [0.25, 0.3) is 0 Å². The Kier molecular flexibility index (Phi) is 6.69. The third kappa shape index (κ3) is 5.38. The van der Waals surface area contributed by atoms with Crippen LogP contribution >= 0.6 is 0 Å². The second kappa shape index (κ2) is 8.29. The first-order valence-corrected chi connectivity index (χ1v) is 6.37. The number of aliphatic hydroxyl groups excluding tert-OH is 1. The zero-order chi connectivity index (χ0) is 15.0. The van der Waals surface area contributed by atoms with Gasteiger partial charge in [-0.3, -0.25) is 14.9 Å². The Hall–Kier alpha value is -1.92. The Morgan fingerprint density at radius 3 is 2.50 bits per heavy atom. The Bertz CT molecular complexity index is 434. The molecule has 0 bridgehead atoms. The van der Waals surface area contributed by atoms with Crippen molar-refractivity contribution in [2.24, 2.45) is 0 Å². The van der Waals surface area contributed by atoms with E-state index in [0.717, 1.165) is 5.56 Å². The third-order valence-electron chi connectivity index (χ3n) is 2.72. The van der Waals surface area contributed by atoms with Gasteiger partial charge < -0.3 is 15.2 Å². The van der Waals surface area contributed by atoms with Crippen molar-refractivity contribution in [1.82, 2.24) is 10.6 Å². The number of hydrogen-bond acceptors (Lipinski definition) is 5. The summed E-state index contributed by atoms with van der Waals surface area (Å²) in [5, 5.41) is 14.5. The van der Waals surface area contributed by atoms with Crippen molar-refractivity contribution < 1.29 is 19.4 Å². The van der Waals surface area contributed by atoms with E-state index in [9.17, 15) is 14.7 Å². The van der Waals surface area contributed by atoms with E-state index >= 15 is 0 Å². The van der Waals surface area contributed by atoms with Crippen molar-refractivity contribution in [3.05, 3.63) is 35.9 Å². The summed E-state index contributed by atoms with van der Waals surface area (Å²) in [6, 6.07) is 8.45. The molecule has 2 atom stereocenters. The van der Waals surface area contributed by atoms with Gasteiger partial charge in [0.15, 0.2) is 0 Å². The molecule has 110 valence electrons. The van der Waals surface area contributed by atoms with Gasteiger partial charge in [-0.25, -0.2) is 0 Å². The van der Waals surface area contributed by atoms with Crippen molar-refractivity contribution in [3.63, 3.8) is 0 Å². The van der Waals surface area contributed by atoms with Gasteiger partial charge in [-0.15, -0.1) is 0 Å². The number of benzene rings is 1. The molecule has 0 fully saturated rings. The molecular weight excluding hydrogens is 260 g/mol. The molecule has 0 saturated carbocycles. The summed E-state index contributed by atoms with van der Waals surface area (Å²) >= 11 is 0. The minimum atomic E-state index is -0.906. The molecule has 0 aliphatic rings. The Labute approximate surface area is 118 Å². The quantitative estimate of drug-likeness (QED) is 0.603. The van der Waals surface area contributed by atoms with Crippen LogP contribution in [0.5, 0.6) is 0 Å². The number of nitrogens with one attached hydrogen (secondary N) is 2. The fourth-order valence-electron chi connectivity index (χ4n) is 1.62. The zero-order valence-corrected chi connectivity index (χ0v) is 11.6. The van der Waals surface area contributed by atoms with E-state index in [1.165, 1.54) is 14.0 Å². The van der Waals surface area contributed by atoms with Gasteiger partial charge >= 0.3 is 5.97 Å². The molecule has 1 amide bonds. The SMILES string of the molecule is CNC(=O)[C@@H](NCC(=O)OCc1ccccc1)[C@@H](C)O. The number of carbonyl (C=O) groups is 2. The molecule has 0 aliphatic heterocycles. The molecule has 1 aromatic carbocycles.